The van der Waals surface area contributed by atoms with Gasteiger partial charge in [-0.25, -0.2) is 4.98 Å². The molecule has 0 unspecified atom stereocenters. The van der Waals surface area contributed by atoms with Crippen molar-refractivity contribution in [3.63, 3.8) is 0 Å². The number of nitrogens with zero attached hydrogens (tertiary/aromatic N) is 3. The van der Waals surface area contributed by atoms with Crippen LogP contribution in [0.15, 0.2) is 36.7 Å². The van der Waals surface area contributed by atoms with Gasteiger partial charge >= 0.3 is 5.97 Å². The van der Waals surface area contributed by atoms with Crippen LogP contribution in [0.5, 0.6) is 5.88 Å². The van der Waals surface area contributed by atoms with E-state index in [1.54, 1.807) is 17.1 Å². The fourth-order valence-electron chi connectivity index (χ4n) is 2.83. The number of hydrogen-bond acceptors (Lipinski definition) is 5. The van der Waals surface area contributed by atoms with E-state index in [1.165, 1.54) is 0 Å². The van der Waals surface area contributed by atoms with E-state index >= 15 is 0 Å². The first-order valence-corrected chi connectivity index (χ1v) is 10.8. The quantitative estimate of drug-likeness (QED) is 0.279. The van der Waals surface area contributed by atoms with Crippen LogP contribution < -0.4 is 4.74 Å². The van der Waals surface area contributed by atoms with Gasteiger partial charge in [-0.3, -0.25) is 9.48 Å². The maximum Gasteiger partial charge on any atom is 0.328 e. The molecule has 0 saturated heterocycles. The van der Waals surface area contributed by atoms with Gasteiger partial charge in [0.15, 0.2) is 0 Å². The number of halogens is 1. The van der Waals surface area contributed by atoms with Gasteiger partial charge in [0.2, 0.25) is 5.88 Å². The molecular weight excluding hydrogens is 493 g/mol. The monoisotopic (exact) mass is 517 g/mol. The third-order valence-corrected chi connectivity index (χ3v) is 4.88. The lowest BCUT2D eigenvalue weighted by Crippen LogP contribution is -2.26. The fraction of sp³-hybridized carbons (Fsp3) is 0.348. The third-order valence-electron chi connectivity index (χ3n) is 4.05. The van der Waals surface area contributed by atoms with Gasteiger partial charge in [0.25, 0.3) is 0 Å². The maximum absolute atomic E-state index is 12.3. The highest BCUT2D eigenvalue weighted by Gasteiger charge is 2.18. The highest BCUT2D eigenvalue weighted by Crippen LogP contribution is 2.23. The van der Waals surface area contributed by atoms with Crippen molar-refractivity contribution < 1.29 is 14.3 Å². The zero-order chi connectivity index (χ0) is 21.7. The molecule has 1 aromatic carbocycles. The van der Waals surface area contributed by atoms with Crippen LogP contribution in [0.4, 0.5) is 0 Å². The Balaban J connectivity index is 1.92. The number of benzene rings is 1. The van der Waals surface area contributed by atoms with Crippen LogP contribution in [-0.4, -0.2) is 26.3 Å². The molecule has 0 fully saturated rings. The van der Waals surface area contributed by atoms with Crippen LogP contribution in [-0.2, 0) is 22.7 Å². The van der Waals surface area contributed by atoms with Crippen molar-refractivity contribution in [1.29, 1.82) is 0 Å². The molecule has 156 valence electrons. The maximum atomic E-state index is 12.3. The second-order valence-corrected chi connectivity index (χ2v) is 8.85. The molecule has 0 amide bonds. The fourth-order valence-corrected chi connectivity index (χ4v) is 3.34. The topological polar surface area (TPSA) is 66.2 Å². The van der Waals surface area contributed by atoms with Crippen LogP contribution in [0.3, 0.4) is 0 Å². The Morgan fingerprint density at radius 1 is 1.30 bits per heavy atom. The molecule has 0 spiro atoms. The van der Waals surface area contributed by atoms with Gasteiger partial charge in [0.05, 0.1) is 15.3 Å². The van der Waals surface area contributed by atoms with Crippen LogP contribution in [0.1, 0.15) is 45.2 Å². The molecule has 0 bridgehead atoms. The molecule has 0 aliphatic rings. The van der Waals surface area contributed by atoms with Crippen molar-refractivity contribution in [3.8, 4) is 17.7 Å². The number of carbonyl (C=O) groups is 1. The largest absolute Gasteiger partial charge is 0.472 e. The number of esters is 1. The van der Waals surface area contributed by atoms with Gasteiger partial charge < -0.3 is 9.47 Å². The minimum atomic E-state index is -0.540. The molecule has 0 aliphatic carbocycles. The molecule has 30 heavy (non-hydrogen) atoms. The summed E-state index contributed by atoms with van der Waals surface area (Å²) in [6, 6.07) is 7.77. The Kier molecular flexibility index (Phi) is 6.98. The normalized spacial score (nSPS) is 11.1. The number of carbonyl (C=O) groups excluding carboxylic acids is 1. The van der Waals surface area contributed by atoms with E-state index < -0.39 is 5.60 Å². The summed E-state index contributed by atoms with van der Waals surface area (Å²) < 4.78 is 14.0. The molecule has 0 atom stereocenters. The minimum absolute atomic E-state index is 0.0409. The van der Waals surface area contributed by atoms with E-state index in [0.717, 1.165) is 32.0 Å². The average molecular weight is 517 g/mol. The Labute approximate surface area is 190 Å². The molecule has 7 heteroatoms. The Hall–Kier alpha value is -2.60. The molecular formula is C23H24IN3O3. The minimum Gasteiger partial charge on any atom is -0.472 e. The van der Waals surface area contributed by atoms with Crippen molar-refractivity contribution in [2.45, 2.75) is 52.9 Å². The molecule has 6 nitrogen and oxygen atoms in total. The van der Waals surface area contributed by atoms with Gasteiger partial charge in [0, 0.05) is 29.1 Å². The lowest BCUT2D eigenvalue weighted by molar-refractivity contribution is -0.155. The van der Waals surface area contributed by atoms with E-state index in [-0.39, 0.29) is 12.5 Å². The van der Waals surface area contributed by atoms with E-state index in [9.17, 15) is 4.79 Å². The van der Waals surface area contributed by atoms with E-state index in [0.29, 0.717) is 12.5 Å². The lowest BCUT2D eigenvalue weighted by atomic mass is 10.1. The summed E-state index contributed by atoms with van der Waals surface area (Å²) in [5.74, 6) is 6.57. The second-order valence-electron chi connectivity index (χ2n) is 7.69. The van der Waals surface area contributed by atoms with Crippen molar-refractivity contribution in [2.75, 3.05) is 0 Å². The molecule has 0 saturated carbocycles. The molecule has 2 aromatic heterocycles. The molecule has 3 aromatic rings. The zero-order valence-electron chi connectivity index (χ0n) is 17.5. The lowest BCUT2D eigenvalue weighted by Gasteiger charge is -2.19. The van der Waals surface area contributed by atoms with Gasteiger partial charge in [-0.15, -0.1) is 0 Å². The highest BCUT2D eigenvalue weighted by atomic mass is 127. The van der Waals surface area contributed by atoms with Crippen LogP contribution in [0.25, 0.3) is 10.9 Å². The van der Waals surface area contributed by atoms with Crippen molar-refractivity contribution in [3.05, 3.63) is 51.4 Å². The summed E-state index contributed by atoms with van der Waals surface area (Å²) in [5, 5.41) is 5.29. The first-order valence-electron chi connectivity index (χ1n) is 9.69. The summed E-state index contributed by atoms with van der Waals surface area (Å²) in [7, 11) is 0. The second kappa shape index (κ2) is 9.47. The predicted octanol–water partition coefficient (Wildman–Crippen LogP) is 4.72. The van der Waals surface area contributed by atoms with Crippen LogP contribution in [0.2, 0.25) is 0 Å². The van der Waals surface area contributed by atoms with Gasteiger partial charge in [-0.05, 0) is 67.6 Å². The number of hydrogen-bond donors (Lipinski definition) is 0. The van der Waals surface area contributed by atoms with Crippen molar-refractivity contribution >= 4 is 39.5 Å². The Bertz CT molecular complexity index is 1120. The number of ether oxygens (including phenoxy) is 2. The first kappa shape index (κ1) is 22.1. The van der Waals surface area contributed by atoms with E-state index in [2.05, 4.69) is 44.5 Å². The zero-order valence-corrected chi connectivity index (χ0v) is 19.7. The summed E-state index contributed by atoms with van der Waals surface area (Å²) >= 11 is 2.20. The summed E-state index contributed by atoms with van der Waals surface area (Å²) in [6.07, 6.45) is 4.20. The number of pyridine rings is 1. The average Bonchev–Trinajstić information content (AvgIpc) is 3.05. The number of rotatable bonds is 5. The molecule has 0 radical (unpaired) electrons. The van der Waals surface area contributed by atoms with Gasteiger partial charge in [-0.2, -0.15) is 5.10 Å². The first-order chi connectivity index (χ1) is 14.3. The molecule has 0 aliphatic heterocycles. The molecule has 2 heterocycles. The van der Waals surface area contributed by atoms with Gasteiger partial charge in [-0.1, -0.05) is 18.8 Å². The standard InChI is InChI=1S/C23H24IN3O3/c1-5-6-8-16-11-17-13-26-27(14-21(28)30-23(2,3)4)20(17)12-18(16)15-29-22-19(24)9-7-10-25-22/h7,9-13H,5,14-15H2,1-4H3. The molecule has 0 N–H and O–H groups in total. The SMILES string of the molecule is CCC#Cc1cc2cnn(CC(=O)OC(C)(C)C)c2cc1COc1ncccc1I. The Morgan fingerprint density at radius 3 is 2.80 bits per heavy atom. The van der Waals surface area contributed by atoms with Crippen LogP contribution >= 0.6 is 22.6 Å². The number of aromatic nitrogens is 3. The summed E-state index contributed by atoms with van der Waals surface area (Å²) in [4.78, 5) is 16.6. The van der Waals surface area contributed by atoms with Crippen molar-refractivity contribution in [1.82, 2.24) is 14.8 Å². The summed E-state index contributed by atoms with van der Waals surface area (Å²) in [6.45, 7) is 7.90. The third kappa shape index (κ3) is 5.72. The Morgan fingerprint density at radius 2 is 2.10 bits per heavy atom. The predicted molar refractivity (Wildman–Crippen MR) is 124 cm³/mol. The smallest absolute Gasteiger partial charge is 0.328 e. The highest BCUT2D eigenvalue weighted by molar-refractivity contribution is 14.1. The van der Waals surface area contributed by atoms with Crippen molar-refractivity contribution in [2.24, 2.45) is 0 Å². The number of fused-ring (bicyclic) bond motifs is 1. The molecule has 3 rings (SSSR count). The summed E-state index contributed by atoms with van der Waals surface area (Å²) in [5.41, 5.74) is 2.09. The van der Waals surface area contributed by atoms with E-state index in [4.69, 9.17) is 9.47 Å². The van der Waals surface area contributed by atoms with E-state index in [1.807, 2.05) is 52.0 Å². The van der Waals surface area contributed by atoms with Crippen LogP contribution in [0, 0.1) is 15.4 Å². The van der Waals surface area contributed by atoms with Gasteiger partial charge in [0.1, 0.15) is 18.8 Å².